The highest BCUT2D eigenvalue weighted by molar-refractivity contribution is 9.10. The maximum absolute atomic E-state index is 13.7. The predicted octanol–water partition coefficient (Wildman–Crippen LogP) is 5.92. The van der Waals surface area contributed by atoms with Gasteiger partial charge in [-0.15, -0.1) is 11.3 Å². The summed E-state index contributed by atoms with van der Waals surface area (Å²) < 4.78 is 6.44. The first-order valence-corrected chi connectivity index (χ1v) is 12.8. The van der Waals surface area contributed by atoms with Crippen molar-refractivity contribution in [2.75, 3.05) is 18.6 Å². The number of amides is 1. The molecule has 0 unspecified atom stereocenters. The third-order valence-electron chi connectivity index (χ3n) is 6.19. The van der Waals surface area contributed by atoms with Gasteiger partial charge in [-0.05, 0) is 55.5 Å². The van der Waals surface area contributed by atoms with Crippen LogP contribution in [-0.4, -0.2) is 35.3 Å². The second-order valence-electron chi connectivity index (χ2n) is 8.57. The summed E-state index contributed by atoms with van der Waals surface area (Å²) in [6.07, 6.45) is 4.18. The Kier molecular flexibility index (Phi) is 6.27. The number of H-pyrrole nitrogens is 1. The number of carbonyl (C=O) groups excluding carboxylic acids is 2. The molecule has 0 saturated heterocycles. The molecule has 174 valence electrons. The van der Waals surface area contributed by atoms with Crippen LogP contribution < -0.4 is 9.64 Å². The Morgan fingerprint density at radius 2 is 2.09 bits per heavy atom. The molecule has 34 heavy (non-hydrogen) atoms. The second-order valence-corrected chi connectivity index (χ2v) is 10.4. The normalized spacial score (nSPS) is 13.3. The van der Waals surface area contributed by atoms with Crippen molar-refractivity contribution in [1.29, 1.82) is 0 Å². The van der Waals surface area contributed by atoms with Crippen molar-refractivity contribution in [1.82, 2.24) is 9.97 Å². The molecule has 2 heterocycles. The number of aromatic nitrogens is 2. The molecular weight excluding hydrogens is 514 g/mol. The summed E-state index contributed by atoms with van der Waals surface area (Å²) in [6, 6.07) is 11.0. The summed E-state index contributed by atoms with van der Waals surface area (Å²) >= 11 is 4.92. The van der Waals surface area contributed by atoms with E-state index in [1.807, 2.05) is 30.5 Å². The molecule has 1 fully saturated rings. The molecule has 0 radical (unpaired) electrons. The Morgan fingerprint density at radius 3 is 2.76 bits per heavy atom. The Morgan fingerprint density at radius 1 is 1.26 bits per heavy atom. The topological polar surface area (TPSA) is 75.3 Å². The third kappa shape index (κ3) is 4.40. The van der Waals surface area contributed by atoms with Crippen LogP contribution in [0.3, 0.4) is 0 Å². The fraction of sp³-hybridized carbons (Fsp3) is 0.269. The van der Waals surface area contributed by atoms with E-state index < -0.39 is 0 Å². The molecule has 0 atom stereocenters. The molecule has 2 aromatic heterocycles. The number of aromatic amines is 1. The molecule has 0 spiro atoms. The van der Waals surface area contributed by atoms with Crippen molar-refractivity contribution in [3.05, 3.63) is 74.8 Å². The van der Waals surface area contributed by atoms with E-state index in [0.717, 1.165) is 44.6 Å². The van der Waals surface area contributed by atoms with Gasteiger partial charge in [-0.25, -0.2) is 4.98 Å². The molecule has 1 aliphatic carbocycles. The number of ketones is 1. The summed E-state index contributed by atoms with van der Waals surface area (Å²) in [5.74, 6) is 0.853. The van der Waals surface area contributed by atoms with Crippen LogP contribution in [0.15, 0.2) is 52.4 Å². The molecule has 6 nitrogen and oxygen atoms in total. The lowest BCUT2D eigenvalue weighted by atomic mass is 9.95. The van der Waals surface area contributed by atoms with Crippen LogP contribution in [-0.2, 0) is 11.2 Å². The number of anilines is 1. The molecule has 2 aromatic carbocycles. The molecule has 0 aliphatic heterocycles. The summed E-state index contributed by atoms with van der Waals surface area (Å²) in [7, 11) is 1.56. The maximum Gasteiger partial charge on any atom is 0.233 e. The number of carbonyl (C=O) groups is 2. The minimum absolute atomic E-state index is 0.0190. The molecular formula is C26H24BrN3O3S. The van der Waals surface area contributed by atoms with Gasteiger partial charge in [-0.3, -0.25) is 14.5 Å². The van der Waals surface area contributed by atoms with Gasteiger partial charge >= 0.3 is 0 Å². The van der Waals surface area contributed by atoms with Gasteiger partial charge in [0.15, 0.2) is 10.9 Å². The largest absolute Gasteiger partial charge is 0.496 e. The number of hydrogen-bond acceptors (Lipinski definition) is 5. The average Bonchev–Trinajstić information content (AvgIpc) is 3.38. The van der Waals surface area contributed by atoms with E-state index in [9.17, 15) is 9.59 Å². The van der Waals surface area contributed by atoms with Gasteiger partial charge in [-0.2, -0.15) is 0 Å². The number of aryl methyl sites for hydroxylation is 1. The number of rotatable bonds is 8. The highest BCUT2D eigenvalue weighted by atomic mass is 79.9. The fourth-order valence-corrected chi connectivity index (χ4v) is 5.37. The lowest BCUT2D eigenvalue weighted by Gasteiger charge is -2.20. The Labute approximate surface area is 210 Å². The number of halogens is 1. The summed E-state index contributed by atoms with van der Waals surface area (Å²) in [5, 5.41) is 3.34. The van der Waals surface area contributed by atoms with Gasteiger partial charge in [0.2, 0.25) is 5.91 Å². The zero-order chi connectivity index (χ0) is 23.8. The van der Waals surface area contributed by atoms with Gasteiger partial charge in [0.05, 0.1) is 19.1 Å². The van der Waals surface area contributed by atoms with Gasteiger partial charge in [0.1, 0.15) is 5.75 Å². The number of benzene rings is 2. The fourth-order valence-electron chi connectivity index (χ4n) is 4.30. The second kappa shape index (κ2) is 9.35. The SMILES string of the molecule is COc1ccc2[nH]c(C)c(CC(=O)N(CC3CC3)c3nccs3)c2c1C(=O)c1cccc(Br)c1. The number of thiazole rings is 1. The Hall–Kier alpha value is -2.97. The van der Waals surface area contributed by atoms with Crippen LogP contribution in [0.4, 0.5) is 5.13 Å². The number of fused-ring (bicyclic) bond motifs is 1. The maximum atomic E-state index is 13.7. The van der Waals surface area contributed by atoms with Crippen LogP contribution in [0.2, 0.25) is 0 Å². The number of nitrogens with one attached hydrogen (secondary N) is 1. The van der Waals surface area contributed by atoms with Crippen LogP contribution in [0.1, 0.15) is 40.0 Å². The van der Waals surface area contributed by atoms with Gasteiger partial charge in [0.25, 0.3) is 0 Å². The molecule has 1 N–H and O–H groups in total. The molecule has 0 bridgehead atoms. The average molecular weight is 538 g/mol. The van der Waals surface area contributed by atoms with Crippen LogP contribution >= 0.6 is 27.3 Å². The molecule has 1 aliphatic rings. The van der Waals surface area contributed by atoms with Crippen molar-refractivity contribution in [3.8, 4) is 5.75 Å². The highest BCUT2D eigenvalue weighted by Gasteiger charge is 2.30. The van der Waals surface area contributed by atoms with Gasteiger partial charge in [-0.1, -0.05) is 28.1 Å². The van der Waals surface area contributed by atoms with Crippen LogP contribution in [0.25, 0.3) is 10.9 Å². The lowest BCUT2D eigenvalue weighted by Crippen LogP contribution is -2.34. The van der Waals surface area contributed by atoms with E-state index in [1.54, 1.807) is 36.4 Å². The van der Waals surface area contributed by atoms with Crippen molar-refractivity contribution in [3.63, 3.8) is 0 Å². The number of hydrogen-bond donors (Lipinski definition) is 1. The van der Waals surface area contributed by atoms with Crippen molar-refractivity contribution >= 4 is 55.0 Å². The van der Waals surface area contributed by atoms with Gasteiger partial charge < -0.3 is 9.72 Å². The number of ether oxygens (including phenoxy) is 1. The van der Waals surface area contributed by atoms with E-state index in [0.29, 0.717) is 29.3 Å². The first-order chi connectivity index (χ1) is 16.5. The predicted molar refractivity (Wildman–Crippen MR) is 138 cm³/mol. The lowest BCUT2D eigenvalue weighted by molar-refractivity contribution is -0.118. The van der Waals surface area contributed by atoms with Gasteiger partial charge in [0, 0.05) is 44.8 Å². The van der Waals surface area contributed by atoms with E-state index in [4.69, 9.17) is 4.74 Å². The van der Waals surface area contributed by atoms with Crippen molar-refractivity contribution in [2.45, 2.75) is 26.2 Å². The smallest absolute Gasteiger partial charge is 0.233 e. The number of nitrogens with zero attached hydrogens (tertiary/aromatic N) is 2. The van der Waals surface area contributed by atoms with E-state index in [-0.39, 0.29) is 18.1 Å². The van der Waals surface area contributed by atoms with Crippen molar-refractivity contribution < 1.29 is 14.3 Å². The standard InChI is InChI=1S/C26H24BrN3O3S/c1-15-19(13-22(31)30(14-16-6-7-16)26-28-10-11-34-26)23-20(29-15)8-9-21(33-2)24(23)25(32)17-4-3-5-18(27)12-17/h3-5,8-12,16,29H,6-7,13-14H2,1-2H3. The third-order valence-corrected chi connectivity index (χ3v) is 7.48. The van der Waals surface area contributed by atoms with E-state index >= 15 is 0 Å². The van der Waals surface area contributed by atoms with E-state index in [2.05, 4.69) is 25.9 Å². The Balaban J connectivity index is 1.59. The first-order valence-electron chi connectivity index (χ1n) is 11.1. The quantitative estimate of drug-likeness (QED) is 0.283. The summed E-state index contributed by atoms with van der Waals surface area (Å²) in [4.78, 5) is 36.8. The van der Waals surface area contributed by atoms with Crippen LogP contribution in [0, 0.1) is 12.8 Å². The molecule has 1 saturated carbocycles. The van der Waals surface area contributed by atoms with Crippen molar-refractivity contribution in [2.24, 2.45) is 5.92 Å². The number of methoxy groups -OCH3 is 1. The highest BCUT2D eigenvalue weighted by Crippen LogP contribution is 2.36. The summed E-state index contributed by atoms with van der Waals surface area (Å²) in [6.45, 7) is 2.62. The molecule has 1 amide bonds. The zero-order valence-electron chi connectivity index (χ0n) is 18.9. The minimum atomic E-state index is -0.147. The molecule has 5 rings (SSSR count). The minimum Gasteiger partial charge on any atom is -0.496 e. The monoisotopic (exact) mass is 537 g/mol. The zero-order valence-corrected chi connectivity index (χ0v) is 21.3. The van der Waals surface area contributed by atoms with E-state index in [1.165, 1.54) is 11.3 Å². The molecule has 4 aromatic rings. The first kappa shape index (κ1) is 22.8. The summed E-state index contributed by atoms with van der Waals surface area (Å²) in [5.41, 5.74) is 3.50. The van der Waals surface area contributed by atoms with Crippen LogP contribution in [0.5, 0.6) is 5.75 Å². The molecule has 8 heteroatoms. The Bertz CT molecular complexity index is 1380.